The van der Waals surface area contributed by atoms with Crippen LogP contribution in [0.2, 0.25) is 0 Å². The van der Waals surface area contributed by atoms with Gasteiger partial charge in [0.2, 0.25) is 0 Å². The van der Waals surface area contributed by atoms with Crippen molar-refractivity contribution in [3.8, 4) is 0 Å². The van der Waals surface area contributed by atoms with E-state index in [4.69, 9.17) is 33.1 Å². The van der Waals surface area contributed by atoms with Crippen LogP contribution >= 0.6 is 23.2 Å². The predicted molar refractivity (Wildman–Crippen MR) is 36.0 cm³/mol. The molecule has 0 aromatic carbocycles. The zero-order valence-corrected chi connectivity index (χ0v) is 9.32. The first-order chi connectivity index (χ1) is 4.36. The topological polar surface area (TPSA) is 37.3 Å². The van der Waals surface area contributed by atoms with Crippen molar-refractivity contribution in [2.75, 3.05) is 5.34 Å². The van der Waals surface area contributed by atoms with Gasteiger partial charge in [-0.3, -0.25) is 0 Å². The van der Waals surface area contributed by atoms with Crippen LogP contribution < -0.4 is 0 Å². The van der Waals surface area contributed by atoms with E-state index in [1.165, 1.54) is 0 Å². The molecule has 4 radical (unpaired) electrons. The van der Waals surface area contributed by atoms with Gasteiger partial charge in [0, 0.05) is 23.9 Å². The summed E-state index contributed by atoms with van der Waals surface area (Å²) >= 11 is 9.53. The minimum absolute atomic E-state index is 0. The van der Waals surface area contributed by atoms with Crippen molar-refractivity contribution in [3.05, 3.63) is 0 Å². The summed E-state index contributed by atoms with van der Waals surface area (Å²) in [6.07, 6.45) is -5.08. The molecule has 0 heterocycles. The minimum atomic E-state index is -5.08. The molecule has 0 aromatic rings. The second-order valence-corrected chi connectivity index (χ2v) is 1.71. The van der Waals surface area contributed by atoms with Crippen LogP contribution in [0.25, 0.3) is 0 Å². The van der Waals surface area contributed by atoms with Gasteiger partial charge in [0.05, 0.1) is 5.34 Å². The van der Waals surface area contributed by atoms with Crippen molar-refractivity contribution in [1.29, 1.82) is 0 Å². The van der Waals surface area contributed by atoms with E-state index < -0.39 is 12.1 Å². The van der Waals surface area contributed by atoms with Gasteiger partial charge in [-0.1, -0.05) is 0 Å². The maximum Gasteiger partial charge on any atom is 0.490 e. The van der Waals surface area contributed by atoms with Gasteiger partial charge in [0.25, 0.3) is 0 Å². The molecule has 0 aromatic heterocycles. The molecule has 0 aliphatic heterocycles. The monoisotopic (exact) mass is 318 g/mol. The van der Waals surface area contributed by atoms with Gasteiger partial charge in [-0.2, -0.15) is 13.2 Å². The Balaban J connectivity index is -0.000000140. The van der Waals surface area contributed by atoms with Crippen molar-refractivity contribution >= 4 is 53.1 Å². The second-order valence-electron chi connectivity index (χ2n) is 0.904. The van der Waals surface area contributed by atoms with Gasteiger partial charge in [0.1, 0.15) is 0 Å². The first-order valence-corrected chi connectivity index (χ1v) is 2.85. The van der Waals surface area contributed by atoms with E-state index in [0.717, 1.165) is 0 Å². The Hall–Kier alpha value is 0.639. The molecule has 0 saturated heterocycles. The van der Waals surface area contributed by atoms with Crippen LogP contribution in [0.5, 0.6) is 0 Å². The fourth-order valence-corrected chi connectivity index (χ4v) is 0. The van der Waals surface area contributed by atoms with Gasteiger partial charge < -0.3 is 5.11 Å². The van der Waals surface area contributed by atoms with E-state index in [2.05, 4.69) is 0 Å². The Bertz CT molecular complexity index is 107. The average Bonchev–Trinajstić information content (AvgIpc) is 1.64. The molecule has 0 fully saturated rings. The number of hydrogen-bond donors (Lipinski definition) is 1. The van der Waals surface area contributed by atoms with Crippen LogP contribution in [-0.2, 0) is 4.79 Å². The predicted octanol–water partition coefficient (Wildman–Crippen LogP) is 1.67. The second kappa shape index (κ2) is 8.73. The van der Waals surface area contributed by atoms with E-state index in [-0.39, 0.29) is 29.2 Å². The van der Waals surface area contributed by atoms with Gasteiger partial charge >= 0.3 is 12.1 Å². The molecule has 0 saturated carbocycles. The van der Waals surface area contributed by atoms with Crippen molar-refractivity contribution < 1.29 is 23.1 Å². The van der Waals surface area contributed by atoms with Gasteiger partial charge in [-0.05, 0) is 0 Å². The largest absolute Gasteiger partial charge is 0.490 e. The SMILES string of the molecule is ClCCl.O=C(O)C(F)(F)F.[Sn]. The van der Waals surface area contributed by atoms with E-state index >= 15 is 0 Å². The summed E-state index contributed by atoms with van der Waals surface area (Å²) in [6, 6.07) is 0. The Morgan fingerprint density at radius 1 is 1.36 bits per heavy atom. The summed E-state index contributed by atoms with van der Waals surface area (Å²) in [5.74, 6) is -2.76. The van der Waals surface area contributed by atoms with Crippen LogP contribution in [-0.4, -0.2) is 46.5 Å². The third-order valence-electron chi connectivity index (χ3n) is 0.243. The number of aliphatic carboxylic acids is 1. The molecule has 0 atom stereocenters. The summed E-state index contributed by atoms with van der Waals surface area (Å²) in [5, 5.41) is 7.32. The van der Waals surface area contributed by atoms with E-state index in [0.29, 0.717) is 0 Å². The summed E-state index contributed by atoms with van der Waals surface area (Å²) < 4.78 is 31.7. The number of halogens is 5. The van der Waals surface area contributed by atoms with Gasteiger partial charge in [0.15, 0.2) is 0 Å². The first kappa shape index (κ1) is 17.7. The van der Waals surface area contributed by atoms with Crippen molar-refractivity contribution in [2.24, 2.45) is 0 Å². The molecule has 0 spiro atoms. The number of alkyl halides is 5. The fraction of sp³-hybridized carbons (Fsp3) is 0.667. The average molecular weight is 318 g/mol. The smallest absolute Gasteiger partial charge is 0.475 e. The van der Waals surface area contributed by atoms with Crippen LogP contribution in [0.3, 0.4) is 0 Å². The van der Waals surface area contributed by atoms with Crippen LogP contribution in [0, 0.1) is 0 Å². The zero-order chi connectivity index (χ0) is 8.78. The summed E-state index contributed by atoms with van der Waals surface area (Å²) in [5.41, 5.74) is 0. The minimum Gasteiger partial charge on any atom is -0.475 e. The van der Waals surface area contributed by atoms with Crippen LogP contribution in [0.1, 0.15) is 0 Å². The van der Waals surface area contributed by atoms with E-state index in [9.17, 15) is 13.2 Å². The summed E-state index contributed by atoms with van der Waals surface area (Å²) in [4.78, 5) is 8.90. The zero-order valence-electron chi connectivity index (χ0n) is 4.95. The molecule has 66 valence electrons. The molecule has 2 nitrogen and oxygen atoms in total. The first-order valence-electron chi connectivity index (χ1n) is 1.78. The molecular formula is C3H3Cl2F3O2Sn. The molecule has 0 unspecified atom stereocenters. The third-order valence-corrected chi connectivity index (χ3v) is 0.243. The molecule has 0 rings (SSSR count). The quantitative estimate of drug-likeness (QED) is 0.545. The van der Waals surface area contributed by atoms with Gasteiger partial charge in [-0.25, -0.2) is 4.79 Å². The Morgan fingerprint density at radius 2 is 1.45 bits per heavy atom. The molecule has 0 bridgehead atoms. The number of carboxylic acid groups (broad SMARTS) is 1. The Labute approximate surface area is 87.6 Å². The molecule has 0 amide bonds. The number of hydrogen-bond acceptors (Lipinski definition) is 1. The molecule has 0 aliphatic rings. The summed E-state index contributed by atoms with van der Waals surface area (Å²) in [6.45, 7) is 0. The number of rotatable bonds is 0. The number of carboxylic acids is 1. The number of carbonyl (C=O) groups is 1. The van der Waals surface area contributed by atoms with Crippen molar-refractivity contribution in [2.45, 2.75) is 6.18 Å². The molecular weight excluding hydrogens is 315 g/mol. The van der Waals surface area contributed by atoms with E-state index in [1.807, 2.05) is 0 Å². The molecule has 8 heteroatoms. The van der Waals surface area contributed by atoms with Crippen molar-refractivity contribution in [3.63, 3.8) is 0 Å². The molecule has 0 aliphatic carbocycles. The maximum atomic E-state index is 10.6. The van der Waals surface area contributed by atoms with Crippen molar-refractivity contribution in [1.82, 2.24) is 0 Å². The molecule has 1 N–H and O–H groups in total. The Kier molecular flexibility index (Phi) is 14.0. The van der Waals surface area contributed by atoms with Crippen LogP contribution in [0.4, 0.5) is 13.2 Å². The molecule has 11 heavy (non-hydrogen) atoms. The van der Waals surface area contributed by atoms with Crippen LogP contribution in [0.15, 0.2) is 0 Å². The standard InChI is InChI=1S/C2HF3O2.CH2Cl2.Sn/c3-2(4,5)1(6)7;2-1-3;/h(H,6,7);1H2;. The maximum absolute atomic E-state index is 10.6. The fourth-order valence-electron chi connectivity index (χ4n) is 0. The Morgan fingerprint density at radius 3 is 1.45 bits per heavy atom. The van der Waals surface area contributed by atoms with Gasteiger partial charge in [-0.15, -0.1) is 23.2 Å². The third kappa shape index (κ3) is 18.0. The summed E-state index contributed by atoms with van der Waals surface area (Å²) in [7, 11) is 0. The van der Waals surface area contributed by atoms with E-state index in [1.54, 1.807) is 0 Å². The normalized spacial score (nSPS) is 8.82.